The number of carbonyl (C=O) groups is 3. The fourth-order valence-corrected chi connectivity index (χ4v) is 7.36. The van der Waals surface area contributed by atoms with E-state index in [1.54, 1.807) is 18.1 Å². The Hall–Kier alpha value is -3.82. The van der Waals surface area contributed by atoms with Crippen LogP contribution in [0, 0.1) is 5.92 Å². The second kappa shape index (κ2) is 11.7. The molecule has 1 N–H and O–H groups in total. The van der Waals surface area contributed by atoms with Crippen LogP contribution in [0.25, 0.3) is 10.9 Å². The number of imide groups is 1. The molecule has 3 aromatic rings. The maximum Gasteiger partial charge on any atom is 0.255 e. The molecule has 1 unspecified atom stereocenters. The zero-order valence-electron chi connectivity index (χ0n) is 24.6. The van der Waals surface area contributed by atoms with Gasteiger partial charge in [-0.3, -0.25) is 29.6 Å². The standard InChI is InChI=1S/C34H38N4O5/c1-42-20-22-2-4-23(15-22)30-9-5-24-14-21(3-8-29(24)35-30)17-37-13-12-27(19-37)43-26-6-7-28-25(16-26)18-38(34(28)41)31-10-11-32(39)36-33(31)40/h3,5-9,14,16,22-23,27,31H,2,4,10-13,15,17-20H2,1H3,(H,36,39,40)/t22-,23+,27-,31?/m0/s1. The van der Waals surface area contributed by atoms with Gasteiger partial charge in [0, 0.05) is 68.9 Å². The lowest BCUT2D eigenvalue weighted by atomic mass is 10.00. The summed E-state index contributed by atoms with van der Waals surface area (Å²) in [5.74, 6) is 1.07. The van der Waals surface area contributed by atoms with Crippen molar-refractivity contribution in [3.05, 3.63) is 70.9 Å². The van der Waals surface area contributed by atoms with Crippen LogP contribution in [-0.4, -0.2) is 71.5 Å². The second-order valence-electron chi connectivity index (χ2n) is 12.6. The summed E-state index contributed by atoms with van der Waals surface area (Å²) in [6.45, 7) is 3.84. The lowest BCUT2D eigenvalue weighted by Crippen LogP contribution is -2.52. The largest absolute Gasteiger partial charge is 0.489 e. The molecule has 9 nitrogen and oxygen atoms in total. The number of aromatic nitrogens is 1. The van der Waals surface area contributed by atoms with Crippen LogP contribution >= 0.6 is 0 Å². The highest BCUT2D eigenvalue weighted by atomic mass is 16.5. The zero-order valence-corrected chi connectivity index (χ0v) is 24.6. The first-order chi connectivity index (χ1) is 20.9. The normalized spacial score (nSPS) is 25.9. The van der Waals surface area contributed by atoms with Gasteiger partial charge in [0.1, 0.15) is 17.9 Å². The lowest BCUT2D eigenvalue weighted by Gasteiger charge is -2.29. The Kier molecular flexibility index (Phi) is 7.61. The van der Waals surface area contributed by atoms with Crippen molar-refractivity contribution < 1.29 is 23.9 Å². The maximum atomic E-state index is 13.0. The third-order valence-electron chi connectivity index (χ3n) is 9.57. The van der Waals surface area contributed by atoms with E-state index < -0.39 is 11.9 Å². The van der Waals surface area contributed by atoms with Crippen LogP contribution in [0.3, 0.4) is 0 Å². The van der Waals surface area contributed by atoms with Gasteiger partial charge in [-0.15, -0.1) is 0 Å². The number of methoxy groups -OCH3 is 1. The van der Waals surface area contributed by atoms with E-state index in [1.165, 1.54) is 29.5 Å². The SMILES string of the molecule is COC[C@H]1CC[C@@H](c2ccc3cc(CN4CC[C@H](Oc5ccc6c(c5)CN(C5CCC(=O)NC5=O)C6=O)C4)ccc3n2)C1. The second-order valence-corrected chi connectivity index (χ2v) is 12.6. The number of pyridine rings is 1. The van der Waals surface area contributed by atoms with Gasteiger partial charge in [-0.25, -0.2) is 0 Å². The molecule has 0 bridgehead atoms. The van der Waals surface area contributed by atoms with Crippen LogP contribution in [0.2, 0.25) is 0 Å². The number of hydrogen-bond acceptors (Lipinski definition) is 7. The van der Waals surface area contributed by atoms with E-state index in [0.717, 1.165) is 55.9 Å². The van der Waals surface area contributed by atoms with Crippen LogP contribution in [0.5, 0.6) is 5.75 Å². The number of piperidine rings is 1. The molecule has 4 heterocycles. The Labute approximate surface area is 251 Å². The van der Waals surface area contributed by atoms with Gasteiger partial charge in [0.2, 0.25) is 11.8 Å². The van der Waals surface area contributed by atoms with Gasteiger partial charge in [-0.2, -0.15) is 0 Å². The van der Waals surface area contributed by atoms with Crippen molar-refractivity contribution in [2.45, 2.75) is 69.7 Å². The highest BCUT2D eigenvalue weighted by Crippen LogP contribution is 2.38. The smallest absolute Gasteiger partial charge is 0.255 e. The van der Waals surface area contributed by atoms with Crippen molar-refractivity contribution in [2.75, 3.05) is 26.8 Å². The summed E-state index contributed by atoms with van der Waals surface area (Å²) in [5.41, 5.74) is 5.00. The van der Waals surface area contributed by atoms with Gasteiger partial charge in [0.15, 0.2) is 0 Å². The number of carbonyl (C=O) groups excluding carboxylic acids is 3. The summed E-state index contributed by atoms with van der Waals surface area (Å²) in [5, 5.41) is 3.53. The molecular weight excluding hydrogens is 544 g/mol. The van der Waals surface area contributed by atoms with E-state index in [-0.39, 0.29) is 24.3 Å². The minimum absolute atomic E-state index is 0.0689. The molecule has 43 heavy (non-hydrogen) atoms. The Balaban J connectivity index is 0.946. The molecular formula is C34H38N4O5. The van der Waals surface area contributed by atoms with Gasteiger partial charge in [-0.1, -0.05) is 12.1 Å². The first-order valence-corrected chi connectivity index (χ1v) is 15.5. The lowest BCUT2D eigenvalue weighted by molar-refractivity contribution is -0.136. The monoisotopic (exact) mass is 582 g/mol. The summed E-state index contributed by atoms with van der Waals surface area (Å²) < 4.78 is 11.7. The summed E-state index contributed by atoms with van der Waals surface area (Å²) in [4.78, 5) is 45.9. The Morgan fingerprint density at radius 2 is 1.91 bits per heavy atom. The van der Waals surface area contributed by atoms with Crippen molar-refractivity contribution in [3.8, 4) is 5.75 Å². The van der Waals surface area contributed by atoms with E-state index in [2.05, 4.69) is 40.5 Å². The van der Waals surface area contributed by atoms with Crippen molar-refractivity contribution in [1.29, 1.82) is 0 Å². The first kappa shape index (κ1) is 28.0. The maximum absolute atomic E-state index is 13.0. The topological polar surface area (TPSA) is 101 Å². The predicted octanol–water partition coefficient (Wildman–Crippen LogP) is 4.18. The Bertz CT molecular complexity index is 1570. The van der Waals surface area contributed by atoms with E-state index in [9.17, 15) is 14.4 Å². The zero-order chi connectivity index (χ0) is 29.5. The van der Waals surface area contributed by atoms with Crippen LogP contribution in [0.15, 0.2) is 48.5 Å². The van der Waals surface area contributed by atoms with Crippen molar-refractivity contribution >= 4 is 28.6 Å². The minimum Gasteiger partial charge on any atom is -0.489 e. The van der Waals surface area contributed by atoms with Gasteiger partial charge in [0.05, 0.1) is 5.52 Å². The number of ether oxygens (including phenoxy) is 2. The van der Waals surface area contributed by atoms with Crippen molar-refractivity contribution in [1.82, 2.24) is 20.1 Å². The summed E-state index contributed by atoms with van der Waals surface area (Å²) in [6, 6.07) is 16.0. The van der Waals surface area contributed by atoms with E-state index in [4.69, 9.17) is 14.5 Å². The summed E-state index contributed by atoms with van der Waals surface area (Å²) in [6.07, 6.45) is 5.17. The third kappa shape index (κ3) is 5.76. The molecule has 0 spiro atoms. The minimum atomic E-state index is -0.612. The van der Waals surface area contributed by atoms with Crippen LogP contribution < -0.4 is 10.1 Å². The molecule has 2 saturated heterocycles. The molecule has 4 atom stereocenters. The molecule has 9 heteroatoms. The van der Waals surface area contributed by atoms with Gasteiger partial charge in [0.25, 0.3) is 5.91 Å². The molecule has 1 aliphatic carbocycles. The Morgan fingerprint density at radius 1 is 1.00 bits per heavy atom. The Morgan fingerprint density at radius 3 is 2.77 bits per heavy atom. The molecule has 3 fully saturated rings. The molecule has 4 aliphatic rings. The molecule has 2 aromatic carbocycles. The van der Waals surface area contributed by atoms with Crippen LogP contribution in [-0.2, 0) is 27.4 Å². The predicted molar refractivity (Wildman–Crippen MR) is 160 cm³/mol. The molecule has 3 aliphatic heterocycles. The molecule has 0 radical (unpaired) electrons. The van der Waals surface area contributed by atoms with Gasteiger partial charge in [-0.05, 0) is 85.5 Å². The summed E-state index contributed by atoms with van der Waals surface area (Å²) >= 11 is 0. The highest BCUT2D eigenvalue weighted by molar-refractivity contribution is 6.05. The van der Waals surface area contributed by atoms with Crippen molar-refractivity contribution in [3.63, 3.8) is 0 Å². The number of benzene rings is 2. The van der Waals surface area contributed by atoms with E-state index in [0.29, 0.717) is 30.4 Å². The average Bonchev–Trinajstić information content (AvgIpc) is 3.73. The number of hydrogen-bond donors (Lipinski definition) is 1. The molecule has 224 valence electrons. The van der Waals surface area contributed by atoms with E-state index >= 15 is 0 Å². The molecule has 7 rings (SSSR count). The quantitative estimate of drug-likeness (QED) is 0.398. The average molecular weight is 583 g/mol. The number of likely N-dealkylation sites (tertiary alicyclic amines) is 1. The number of rotatable bonds is 8. The molecule has 3 amide bonds. The van der Waals surface area contributed by atoms with Crippen molar-refractivity contribution in [2.24, 2.45) is 5.92 Å². The number of fused-ring (bicyclic) bond motifs is 2. The first-order valence-electron chi connectivity index (χ1n) is 15.5. The van der Waals surface area contributed by atoms with E-state index in [1.807, 2.05) is 12.1 Å². The van der Waals surface area contributed by atoms with Gasteiger partial charge < -0.3 is 14.4 Å². The fraction of sp³-hybridized carbons (Fsp3) is 0.471. The number of nitrogens with one attached hydrogen (secondary N) is 1. The molecule has 1 aromatic heterocycles. The summed E-state index contributed by atoms with van der Waals surface area (Å²) in [7, 11) is 1.79. The number of amides is 3. The van der Waals surface area contributed by atoms with Gasteiger partial charge >= 0.3 is 0 Å². The van der Waals surface area contributed by atoms with Crippen LogP contribution in [0.4, 0.5) is 0 Å². The fourth-order valence-electron chi connectivity index (χ4n) is 7.36. The highest BCUT2D eigenvalue weighted by Gasteiger charge is 2.39. The van der Waals surface area contributed by atoms with Crippen LogP contribution in [0.1, 0.15) is 71.6 Å². The number of nitrogens with zero attached hydrogens (tertiary/aromatic N) is 3. The molecule has 1 saturated carbocycles. The third-order valence-corrected chi connectivity index (χ3v) is 9.57.